The van der Waals surface area contributed by atoms with E-state index in [9.17, 15) is 0 Å². The van der Waals surface area contributed by atoms with Crippen LogP contribution in [0.1, 0.15) is 23.0 Å². The molecular formula is C11H9N5S. The van der Waals surface area contributed by atoms with Crippen LogP contribution in [0.25, 0.3) is 0 Å². The van der Waals surface area contributed by atoms with Gasteiger partial charge in [-0.3, -0.25) is 0 Å². The highest BCUT2D eigenvalue weighted by Crippen LogP contribution is 2.22. The van der Waals surface area contributed by atoms with Crippen molar-refractivity contribution in [3.63, 3.8) is 0 Å². The van der Waals surface area contributed by atoms with Gasteiger partial charge in [-0.15, -0.1) is 0 Å². The Bertz CT molecular complexity index is 584. The second-order valence-electron chi connectivity index (χ2n) is 3.38. The average Bonchev–Trinajstić information content (AvgIpc) is 2.99. The predicted molar refractivity (Wildman–Crippen MR) is 63.2 cm³/mol. The van der Waals surface area contributed by atoms with E-state index in [-0.39, 0.29) is 17.4 Å². The molecule has 0 aliphatic heterocycles. The SMILES string of the molecule is N#Cc1ncn(C(CN)c2ccsc2)c1C#N. The maximum atomic E-state index is 9.06. The first-order valence-corrected chi connectivity index (χ1v) is 5.85. The largest absolute Gasteiger partial charge is 0.328 e. The number of imidazole rings is 1. The van der Waals surface area contributed by atoms with Crippen molar-refractivity contribution in [1.82, 2.24) is 9.55 Å². The smallest absolute Gasteiger partial charge is 0.176 e. The molecule has 1 unspecified atom stereocenters. The summed E-state index contributed by atoms with van der Waals surface area (Å²) < 4.78 is 1.65. The van der Waals surface area contributed by atoms with Gasteiger partial charge in [0.1, 0.15) is 12.1 Å². The van der Waals surface area contributed by atoms with Crippen molar-refractivity contribution >= 4 is 11.3 Å². The number of thiophene rings is 1. The number of hydrogen-bond donors (Lipinski definition) is 1. The van der Waals surface area contributed by atoms with Crippen LogP contribution >= 0.6 is 11.3 Å². The standard InChI is InChI=1S/C11H9N5S/c12-3-9-11(5-14)16(7-15-9)10(4-13)8-1-2-17-6-8/h1-2,6-7,10H,4,13H2. The second kappa shape index (κ2) is 4.79. The minimum atomic E-state index is -0.148. The summed E-state index contributed by atoms with van der Waals surface area (Å²) in [5, 5.41) is 21.8. The zero-order chi connectivity index (χ0) is 12.3. The number of hydrogen-bond acceptors (Lipinski definition) is 5. The molecule has 0 bridgehead atoms. The number of nitrogens with two attached hydrogens (primary N) is 1. The Kier molecular flexibility index (Phi) is 3.20. The maximum Gasteiger partial charge on any atom is 0.176 e. The second-order valence-corrected chi connectivity index (χ2v) is 4.16. The van der Waals surface area contributed by atoms with E-state index in [1.807, 2.05) is 29.0 Å². The average molecular weight is 243 g/mol. The number of rotatable bonds is 3. The van der Waals surface area contributed by atoms with Crippen LogP contribution in [0.2, 0.25) is 0 Å². The van der Waals surface area contributed by atoms with E-state index in [1.165, 1.54) is 6.33 Å². The van der Waals surface area contributed by atoms with E-state index in [0.29, 0.717) is 6.54 Å². The molecular weight excluding hydrogens is 234 g/mol. The summed E-state index contributed by atoms with van der Waals surface area (Å²) in [7, 11) is 0. The first kappa shape index (κ1) is 11.3. The van der Waals surface area contributed by atoms with E-state index in [2.05, 4.69) is 4.98 Å². The highest BCUT2D eigenvalue weighted by Gasteiger charge is 2.18. The van der Waals surface area contributed by atoms with Crippen molar-refractivity contribution in [3.8, 4) is 12.1 Å². The molecule has 0 fully saturated rings. The third-order valence-corrected chi connectivity index (χ3v) is 3.19. The van der Waals surface area contributed by atoms with Gasteiger partial charge < -0.3 is 10.3 Å². The fourth-order valence-corrected chi connectivity index (χ4v) is 2.37. The topological polar surface area (TPSA) is 91.4 Å². The van der Waals surface area contributed by atoms with Gasteiger partial charge in [-0.25, -0.2) is 4.98 Å². The molecule has 0 aromatic carbocycles. The van der Waals surface area contributed by atoms with E-state index >= 15 is 0 Å². The van der Waals surface area contributed by atoms with Crippen molar-refractivity contribution in [2.45, 2.75) is 6.04 Å². The van der Waals surface area contributed by atoms with Crippen molar-refractivity contribution in [2.24, 2.45) is 5.73 Å². The zero-order valence-electron chi connectivity index (χ0n) is 8.87. The molecule has 6 heteroatoms. The van der Waals surface area contributed by atoms with Crippen LogP contribution < -0.4 is 5.73 Å². The molecule has 2 aromatic heterocycles. The van der Waals surface area contributed by atoms with Gasteiger partial charge in [0, 0.05) is 6.54 Å². The molecule has 2 N–H and O–H groups in total. The Balaban J connectivity index is 2.50. The minimum Gasteiger partial charge on any atom is -0.328 e. The van der Waals surface area contributed by atoms with Gasteiger partial charge in [-0.05, 0) is 22.4 Å². The van der Waals surface area contributed by atoms with E-state index in [1.54, 1.807) is 15.9 Å². The van der Waals surface area contributed by atoms with Crippen molar-refractivity contribution < 1.29 is 0 Å². The van der Waals surface area contributed by atoms with Crippen molar-refractivity contribution in [3.05, 3.63) is 40.1 Å². The Morgan fingerprint density at radius 2 is 2.29 bits per heavy atom. The Morgan fingerprint density at radius 3 is 2.82 bits per heavy atom. The number of nitrogens with zero attached hydrogens (tertiary/aromatic N) is 4. The zero-order valence-corrected chi connectivity index (χ0v) is 9.68. The molecule has 2 aromatic rings. The van der Waals surface area contributed by atoms with Gasteiger partial charge in [0.15, 0.2) is 11.4 Å². The van der Waals surface area contributed by atoms with Gasteiger partial charge in [0.25, 0.3) is 0 Å². The molecule has 1 atom stereocenters. The lowest BCUT2D eigenvalue weighted by Gasteiger charge is -2.15. The predicted octanol–water partition coefficient (Wildman–Crippen LogP) is 1.24. The summed E-state index contributed by atoms with van der Waals surface area (Å²) >= 11 is 1.57. The lowest BCUT2D eigenvalue weighted by molar-refractivity contribution is 0.590. The van der Waals surface area contributed by atoms with Crippen LogP contribution in [0.5, 0.6) is 0 Å². The molecule has 84 valence electrons. The molecule has 0 spiro atoms. The molecule has 5 nitrogen and oxygen atoms in total. The van der Waals surface area contributed by atoms with Gasteiger partial charge in [-0.2, -0.15) is 21.9 Å². The summed E-state index contributed by atoms with van der Waals surface area (Å²) in [5.74, 6) is 0. The first-order chi connectivity index (χ1) is 8.31. The molecule has 0 saturated carbocycles. The monoisotopic (exact) mass is 243 g/mol. The van der Waals surface area contributed by atoms with Crippen molar-refractivity contribution in [1.29, 1.82) is 10.5 Å². The van der Waals surface area contributed by atoms with E-state index in [0.717, 1.165) is 5.56 Å². The fourth-order valence-electron chi connectivity index (χ4n) is 1.66. The van der Waals surface area contributed by atoms with Crippen molar-refractivity contribution in [2.75, 3.05) is 6.54 Å². The van der Waals surface area contributed by atoms with Crippen LogP contribution in [0.4, 0.5) is 0 Å². The van der Waals surface area contributed by atoms with Crippen LogP contribution in [-0.2, 0) is 0 Å². The summed E-state index contributed by atoms with van der Waals surface area (Å²) in [6.45, 7) is 0.354. The third-order valence-electron chi connectivity index (χ3n) is 2.49. The van der Waals surface area contributed by atoms with Gasteiger partial charge in [0.05, 0.1) is 12.4 Å². The van der Waals surface area contributed by atoms with Crippen LogP contribution in [0.15, 0.2) is 23.2 Å². The number of aromatic nitrogens is 2. The normalized spacial score (nSPS) is 11.7. The molecule has 0 aliphatic carbocycles. The fraction of sp³-hybridized carbons (Fsp3) is 0.182. The molecule has 0 saturated heterocycles. The maximum absolute atomic E-state index is 9.06. The quantitative estimate of drug-likeness (QED) is 0.877. The Morgan fingerprint density at radius 1 is 1.47 bits per heavy atom. The lowest BCUT2D eigenvalue weighted by atomic mass is 10.1. The van der Waals surface area contributed by atoms with Crippen LogP contribution in [0.3, 0.4) is 0 Å². The highest BCUT2D eigenvalue weighted by atomic mass is 32.1. The van der Waals surface area contributed by atoms with Gasteiger partial charge >= 0.3 is 0 Å². The summed E-state index contributed by atoms with van der Waals surface area (Å²) in [6.07, 6.45) is 1.49. The molecule has 17 heavy (non-hydrogen) atoms. The molecule has 2 rings (SSSR count). The summed E-state index contributed by atoms with van der Waals surface area (Å²) in [6, 6.07) is 5.70. The minimum absolute atomic E-state index is 0.140. The Hall–Kier alpha value is -2.15. The van der Waals surface area contributed by atoms with Gasteiger partial charge in [-0.1, -0.05) is 0 Å². The summed E-state index contributed by atoms with van der Waals surface area (Å²) in [4.78, 5) is 3.91. The van der Waals surface area contributed by atoms with E-state index in [4.69, 9.17) is 16.3 Å². The first-order valence-electron chi connectivity index (χ1n) is 4.91. The third kappa shape index (κ3) is 1.92. The molecule has 0 radical (unpaired) electrons. The van der Waals surface area contributed by atoms with Crippen LogP contribution in [0, 0.1) is 22.7 Å². The summed E-state index contributed by atoms with van der Waals surface area (Å²) in [5.41, 5.74) is 7.16. The molecule has 0 aliphatic rings. The molecule has 2 heterocycles. The van der Waals surface area contributed by atoms with Gasteiger partial charge in [0.2, 0.25) is 0 Å². The van der Waals surface area contributed by atoms with Crippen LogP contribution in [-0.4, -0.2) is 16.1 Å². The highest BCUT2D eigenvalue weighted by molar-refractivity contribution is 7.07. The number of nitriles is 2. The Labute approximate surface area is 102 Å². The lowest BCUT2D eigenvalue weighted by Crippen LogP contribution is -2.20. The van der Waals surface area contributed by atoms with E-state index < -0.39 is 0 Å². The molecule has 0 amide bonds.